The highest BCUT2D eigenvalue weighted by atomic mass is 32.2. The van der Waals surface area contributed by atoms with Crippen molar-refractivity contribution in [2.75, 3.05) is 13.1 Å². The molecular formula is C14H14F2N2O2S2. The van der Waals surface area contributed by atoms with Crippen LogP contribution in [0.15, 0.2) is 34.7 Å². The lowest BCUT2D eigenvalue weighted by Crippen LogP contribution is -2.39. The molecule has 0 spiro atoms. The van der Waals surface area contributed by atoms with Crippen LogP contribution in [0.1, 0.15) is 23.8 Å². The van der Waals surface area contributed by atoms with Gasteiger partial charge in [0.15, 0.2) is 11.6 Å². The van der Waals surface area contributed by atoms with Crippen molar-refractivity contribution >= 4 is 21.4 Å². The predicted octanol–water partition coefficient (Wildman–Crippen LogP) is 2.99. The number of hydrogen-bond acceptors (Lipinski definition) is 4. The maximum atomic E-state index is 13.3. The molecular weight excluding hydrogens is 330 g/mol. The minimum Gasteiger partial charge on any atom is -0.249 e. The number of benzene rings is 1. The monoisotopic (exact) mass is 344 g/mol. The average molecular weight is 344 g/mol. The zero-order valence-corrected chi connectivity index (χ0v) is 13.2. The fraction of sp³-hybridized carbons (Fsp3) is 0.357. The fourth-order valence-electron chi connectivity index (χ4n) is 2.58. The van der Waals surface area contributed by atoms with E-state index in [1.54, 1.807) is 6.20 Å². The molecule has 0 saturated carbocycles. The van der Waals surface area contributed by atoms with Gasteiger partial charge in [0.05, 0.1) is 9.90 Å². The molecule has 0 aliphatic carbocycles. The molecule has 22 heavy (non-hydrogen) atoms. The van der Waals surface area contributed by atoms with Crippen LogP contribution in [-0.2, 0) is 10.0 Å². The first-order chi connectivity index (χ1) is 10.5. The highest BCUT2D eigenvalue weighted by Gasteiger charge is 2.32. The van der Waals surface area contributed by atoms with Gasteiger partial charge in [-0.1, -0.05) is 0 Å². The van der Waals surface area contributed by atoms with Crippen LogP contribution >= 0.6 is 11.3 Å². The predicted molar refractivity (Wildman–Crippen MR) is 79.2 cm³/mol. The van der Waals surface area contributed by atoms with E-state index < -0.39 is 21.7 Å². The third-order valence-electron chi connectivity index (χ3n) is 3.71. The van der Waals surface area contributed by atoms with Crippen LogP contribution in [0.2, 0.25) is 0 Å². The van der Waals surface area contributed by atoms with Crippen molar-refractivity contribution in [1.82, 2.24) is 9.29 Å². The lowest BCUT2D eigenvalue weighted by Gasteiger charge is -2.31. The van der Waals surface area contributed by atoms with Gasteiger partial charge in [0, 0.05) is 30.6 Å². The Kier molecular flexibility index (Phi) is 4.24. The van der Waals surface area contributed by atoms with E-state index in [1.807, 2.05) is 5.38 Å². The summed E-state index contributed by atoms with van der Waals surface area (Å²) >= 11 is 1.50. The highest BCUT2D eigenvalue weighted by molar-refractivity contribution is 7.89. The third kappa shape index (κ3) is 2.90. The van der Waals surface area contributed by atoms with Gasteiger partial charge in [-0.05, 0) is 31.0 Å². The van der Waals surface area contributed by atoms with Crippen LogP contribution in [-0.4, -0.2) is 30.8 Å². The summed E-state index contributed by atoms with van der Waals surface area (Å²) in [6.45, 7) is 0.693. The van der Waals surface area contributed by atoms with E-state index in [9.17, 15) is 17.2 Å². The van der Waals surface area contributed by atoms with Crippen molar-refractivity contribution in [2.24, 2.45) is 0 Å². The maximum Gasteiger partial charge on any atom is 0.243 e. The molecule has 0 radical (unpaired) electrons. The third-order valence-corrected chi connectivity index (χ3v) is 6.51. The average Bonchev–Trinajstić information content (AvgIpc) is 3.04. The van der Waals surface area contributed by atoms with Gasteiger partial charge in [-0.2, -0.15) is 4.31 Å². The molecule has 2 aromatic rings. The molecule has 1 atom stereocenters. The van der Waals surface area contributed by atoms with Gasteiger partial charge in [0.25, 0.3) is 0 Å². The molecule has 1 aliphatic heterocycles. The maximum absolute atomic E-state index is 13.3. The van der Waals surface area contributed by atoms with E-state index in [0.29, 0.717) is 19.5 Å². The van der Waals surface area contributed by atoms with Crippen LogP contribution in [0.25, 0.3) is 0 Å². The molecule has 0 amide bonds. The normalized spacial score (nSPS) is 20.2. The van der Waals surface area contributed by atoms with E-state index in [0.717, 1.165) is 29.6 Å². The Morgan fingerprint density at radius 1 is 1.27 bits per heavy atom. The van der Waals surface area contributed by atoms with Crippen molar-refractivity contribution in [3.05, 3.63) is 46.4 Å². The van der Waals surface area contributed by atoms with Gasteiger partial charge in [-0.15, -0.1) is 11.3 Å². The van der Waals surface area contributed by atoms with Crippen molar-refractivity contribution in [1.29, 1.82) is 0 Å². The summed E-state index contributed by atoms with van der Waals surface area (Å²) in [4.78, 5) is 4.03. The lowest BCUT2D eigenvalue weighted by molar-refractivity contribution is 0.315. The Hall–Kier alpha value is -1.38. The molecule has 0 unspecified atom stereocenters. The minimum absolute atomic E-state index is 0.0498. The summed E-state index contributed by atoms with van der Waals surface area (Å²) in [5.74, 6) is -2.17. The lowest BCUT2D eigenvalue weighted by atomic mass is 10.0. The Labute approximate surface area is 131 Å². The SMILES string of the molecule is O=S(=O)(c1ccc(F)c(F)c1)N1CCC[C@@H](c2nccs2)C1. The van der Waals surface area contributed by atoms with Gasteiger partial charge < -0.3 is 0 Å². The van der Waals surface area contributed by atoms with Crippen molar-refractivity contribution in [3.8, 4) is 0 Å². The zero-order chi connectivity index (χ0) is 15.7. The molecule has 0 N–H and O–H groups in total. The second-order valence-corrected chi connectivity index (χ2v) is 8.01. The summed E-state index contributed by atoms with van der Waals surface area (Å²) in [5, 5.41) is 2.77. The van der Waals surface area contributed by atoms with Crippen LogP contribution < -0.4 is 0 Å². The first kappa shape index (κ1) is 15.5. The Morgan fingerprint density at radius 3 is 2.77 bits per heavy atom. The quantitative estimate of drug-likeness (QED) is 0.860. The molecule has 4 nitrogen and oxygen atoms in total. The number of nitrogens with zero attached hydrogens (tertiary/aromatic N) is 2. The molecule has 1 aromatic carbocycles. The van der Waals surface area contributed by atoms with Gasteiger partial charge in [0.2, 0.25) is 10.0 Å². The second kappa shape index (κ2) is 6.02. The number of rotatable bonds is 3. The van der Waals surface area contributed by atoms with E-state index >= 15 is 0 Å². The smallest absolute Gasteiger partial charge is 0.243 e. The van der Waals surface area contributed by atoms with Crippen LogP contribution in [0.5, 0.6) is 0 Å². The summed E-state index contributed by atoms with van der Waals surface area (Å²) in [6, 6.07) is 2.67. The van der Waals surface area contributed by atoms with Crippen molar-refractivity contribution in [3.63, 3.8) is 0 Å². The summed E-state index contributed by atoms with van der Waals surface area (Å²) in [7, 11) is -3.82. The Morgan fingerprint density at radius 2 is 2.09 bits per heavy atom. The summed E-state index contributed by atoms with van der Waals surface area (Å²) in [6.07, 6.45) is 3.28. The van der Waals surface area contributed by atoms with E-state index in [2.05, 4.69) is 4.98 Å². The number of thiazole rings is 1. The molecule has 1 fully saturated rings. The molecule has 1 saturated heterocycles. The molecule has 8 heteroatoms. The molecule has 1 aromatic heterocycles. The molecule has 3 rings (SSSR count). The minimum atomic E-state index is -3.82. The van der Waals surface area contributed by atoms with Gasteiger partial charge in [-0.25, -0.2) is 22.2 Å². The van der Waals surface area contributed by atoms with Gasteiger partial charge >= 0.3 is 0 Å². The number of aromatic nitrogens is 1. The van der Waals surface area contributed by atoms with E-state index in [4.69, 9.17) is 0 Å². The summed E-state index contributed by atoms with van der Waals surface area (Å²) in [5.41, 5.74) is 0. The first-order valence-electron chi connectivity index (χ1n) is 6.83. The highest BCUT2D eigenvalue weighted by Crippen LogP contribution is 2.31. The largest absolute Gasteiger partial charge is 0.249 e. The van der Waals surface area contributed by atoms with E-state index in [-0.39, 0.29) is 10.8 Å². The first-order valence-corrected chi connectivity index (χ1v) is 9.15. The summed E-state index contributed by atoms with van der Waals surface area (Å²) < 4.78 is 52.8. The molecule has 2 heterocycles. The standard InChI is InChI=1S/C14H14F2N2O2S2/c15-12-4-3-11(8-13(12)16)22(19,20)18-6-1-2-10(9-18)14-17-5-7-21-14/h3-5,7-8,10H,1-2,6,9H2/t10-/m1/s1. The van der Waals surface area contributed by atoms with Crippen LogP contribution in [0, 0.1) is 11.6 Å². The molecule has 118 valence electrons. The van der Waals surface area contributed by atoms with Gasteiger partial charge in [0.1, 0.15) is 0 Å². The zero-order valence-electron chi connectivity index (χ0n) is 11.6. The van der Waals surface area contributed by atoms with Crippen LogP contribution in [0.4, 0.5) is 8.78 Å². The van der Waals surface area contributed by atoms with Crippen LogP contribution in [0.3, 0.4) is 0 Å². The van der Waals surface area contributed by atoms with Crippen molar-refractivity contribution < 1.29 is 17.2 Å². The van der Waals surface area contributed by atoms with Gasteiger partial charge in [-0.3, -0.25) is 0 Å². The topological polar surface area (TPSA) is 50.3 Å². The number of piperidine rings is 1. The Bertz CT molecular complexity index is 763. The number of hydrogen-bond donors (Lipinski definition) is 0. The second-order valence-electron chi connectivity index (χ2n) is 5.15. The number of sulfonamides is 1. The Balaban J connectivity index is 1.86. The fourth-order valence-corrected chi connectivity index (χ4v) is 4.89. The molecule has 0 bridgehead atoms. The van der Waals surface area contributed by atoms with Crippen molar-refractivity contribution in [2.45, 2.75) is 23.7 Å². The van der Waals surface area contributed by atoms with E-state index in [1.165, 1.54) is 15.6 Å². The number of halogens is 2. The molecule has 1 aliphatic rings.